The number of imidazole rings is 1. The van der Waals surface area contributed by atoms with Gasteiger partial charge >= 0.3 is 5.97 Å². The topological polar surface area (TPSA) is 55.6 Å². The molecule has 17 heavy (non-hydrogen) atoms. The van der Waals surface area contributed by atoms with Crippen LogP contribution in [0.4, 0.5) is 0 Å². The fourth-order valence-corrected chi connectivity index (χ4v) is 2.19. The Labute approximate surface area is 103 Å². The fraction of sp³-hybridized carbons (Fsp3) is 0.455. The number of esters is 1. The molecular weight excluding hydrogens is 238 g/mol. The van der Waals surface area contributed by atoms with Gasteiger partial charge in [0.2, 0.25) is 0 Å². The van der Waals surface area contributed by atoms with Crippen LogP contribution >= 0.6 is 11.3 Å². The van der Waals surface area contributed by atoms with Crippen LogP contribution < -0.4 is 5.32 Å². The molecule has 0 aliphatic rings. The number of rotatable bonds is 5. The van der Waals surface area contributed by atoms with Gasteiger partial charge in [-0.05, 0) is 13.8 Å². The molecule has 0 bridgehead atoms. The number of nitrogens with zero attached hydrogens (tertiary/aromatic N) is 2. The van der Waals surface area contributed by atoms with Gasteiger partial charge in [-0.3, -0.25) is 14.5 Å². The smallest absolute Gasteiger partial charge is 0.322 e. The first kappa shape index (κ1) is 12.1. The first-order valence-electron chi connectivity index (χ1n) is 5.51. The van der Waals surface area contributed by atoms with E-state index in [-0.39, 0.29) is 12.0 Å². The minimum absolute atomic E-state index is 0.228. The Balaban J connectivity index is 1.89. The van der Waals surface area contributed by atoms with E-state index in [1.165, 1.54) is 0 Å². The van der Waals surface area contributed by atoms with Gasteiger partial charge < -0.3 is 4.74 Å². The second-order valence-electron chi connectivity index (χ2n) is 3.68. The Morgan fingerprint density at radius 2 is 2.53 bits per heavy atom. The van der Waals surface area contributed by atoms with Crippen LogP contribution in [0.2, 0.25) is 0 Å². The maximum atomic E-state index is 11.4. The number of fused-ring (bicyclic) bond motifs is 1. The average Bonchev–Trinajstić information content (AvgIpc) is 2.86. The summed E-state index contributed by atoms with van der Waals surface area (Å²) in [6.07, 6.45) is 3.92. The Kier molecular flexibility index (Phi) is 3.75. The van der Waals surface area contributed by atoms with Gasteiger partial charge in [-0.2, -0.15) is 0 Å². The molecule has 1 unspecified atom stereocenters. The summed E-state index contributed by atoms with van der Waals surface area (Å²) in [5.41, 5.74) is 0.924. The van der Waals surface area contributed by atoms with E-state index in [4.69, 9.17) is 4.74 Å². The zero-order chi connectivity index (χ0) is 12.3. The van der Waals surface area contributed by atoms with E-state index < -0.39 is 0 Å². The molecule has 0 aromatic carbocycles. The number of thiazole rings is 1. The lowest BCUT2D eigenvalue weighted by Gasteiger charge is -2.10. The molecule has 0 aliphatic carbocycles. The molecule has 1 atom stereocenters. The summed E-state index contributed by atoms with van der Waals surface area (Å²) in [5.74, 6) is -0.228. The molecule has 0 amide bonds. The lowest BCUT2D eigenvalue weighted by atomic mass is 10.3. The van der Waals surface area contributed by atoms with Crippen molar-refractivity contribution in [3.8, 4) is 0 Å². The first-order chi connectivity index (χ1) is 8.20. The van der Waals surface area contributed by atoms with Crippen LogP contribution in [0.15, 0.2) is 17.8 Å². The third-order valence-electron chi connectivity index (χ3n) is 2.37. The SMILES string of the molecule is CCOC(=O)C(C)NCc1cn2ccsc2n1. The van der Waals surface area contributed by atoms with Crippen molar-refractivity contribution in [2.45, 2.75) is 26.4 Å². The average molecular weight is 253 g/mol. The van der Waals surface area contributed by atoms with E-state index in [9.17, 15) is 4.79 Å². The number of carbonyl (C=O) groups is 1. The zero-order valence-electron chi connectivity index (χ0n) is 9.84. The van der Waals surface area contributed by atoms with Gasteiger partial charge in [-0.25, -0.2) is 4.98 Å². The standard InChI is InChI=1S/C11H15N3O2S/c1-3-16-10(15)8(2)12-6-9-7-14-4-5-17-11(14)13-9/h4-5,7-8,12H,3,6H2,1-2H3. The Bertz CT molecular complexity index is 477. The highest BCUT2D eigenvalue weighted by atomic mass is 32.1. The van der Waals surface area contributed by atoms with Crippen molar-refractivity contribution >= 4 is 22.3 Å². The van der Waals surface area contributed by atoms with E-state index >= 15 is 0 Å². The van der Waals surface area contributed by atoms with Crippen LogP contribution in [-0.4, -0.2) is 28.0 Å². The van der Waals surface area contributed by atoms with Gasteiger partial charge in [0.05, 0.1) is 12.3 Å². The van der Waals surface area contributed by atoms with Crippen molar-refractivity contribution in [1.29, 1.82) is 0 Å². The normalized spacial score (nSPS) is 12.8. The molecule has 0 saturated heterocycles. The van der Waals surface area contributed by atoms with E-state index in [0.717, 1.165) is 10.7 Å². The molecule has 2 rings (SSSR count). The van der Waals surface area contributed by atoms with Crippen molar-refractivity contribution in [3.05, 3.63) is 23.5 Å². The maximum absolute atomic E-state index is 11.4. The second kappa shape index (κ2) is 5.29. The van der Waals surface area contributed by atoms with Gasteiger partial charge in [0.1, 0.15) is 6.04 Å². The number of hydrogen-bond acceptors (Lipinski definition) is 5. The third kappa shape index (κ3) is 2.83. The van der Waals surface area contributed by atoms with Crippen molar-refractivity contribution in [3.63, 3.8) is 0 Å². The molecule has 2 aromatic rings. The third-order valence-corrected chi connectivity index (χ3v) is 3.14. The molecule has 0 spiro atoms. The molecule has 5 nitrogen and oxygen atoms in total. The molecule has 0 fully saturated rings. The molecule has 0 radical (unpaired) electrons. The highest BCUT2D eigenvalue weighted by molar-refractivity contribution is 7.15. The summed E-state index contributed by atoms with van der Waals surface area (Å²) in [6, 6.07) is -0.310. The van der Waals surface area contributed by atoms with Crippen LogP contribution in [0.1, 0.15) is 19.5 Å². The zero-order valence-corrected chi connectivity index (χ0v) is 10.7. The minimum atomic E-state index is -0.310. The summed E-state index contributed by atoms with van der Waals surface area (Å²) in [7, 11) is 0. The summed E-state index contributed by atoms with van der Waals surface area (Å²) in [5, 5.41) is 5.08. The van der Waals surface area contributed by atoms with Gasteiger partial charge in [-0.15, -0.1) is 11.3 Å². The van der Waals surface area contributed by atoms with Crippen molar-refractivity contribution < 1.29 is 9.53 Å². The van der Waals surface area contributed by atoms with Crippen LogP contribution in [0.3, 0.4) is 0 Å². The van der Waals surface area contributed by atoms with E-state index in [0.29, 0.717) is 13.2 Å². The van der Waals surface area contributed by atoms with Crippen LogP contribution in [0.25, 0.3) is 4.96 Å². The number of hydrogen-bond donors (Lipinski definition) is 1. The van der Waals surface area contributed by atoms with Crippen LogP contribution in [0, 0.1) is 0 Å². The molecule has 6 heteroatoms. The van der Waals surface area contributed by atoms with Gasteiger partial charge in [0.25, 0.3) is 0 Å². The van der Waals surface area contributed by atoms with Crippen LogP contribution in [0.5, 0.6) is 0 Å². The number of aromatic nitrogens is 2. The van der Waals surface area contributed by atoms with Gasteiger partial charge in [0.15, 0.2) is 4.96 Å². The first-order valence-corrected chi connectivity index (χ1v) is 6.39. The lowest BCUT2D eigenvalue weighted by molar-refractivity contribution is -0.145. The predicted octanol–water partition coefficient (Wildman–Crippen LogP) is 1.44. The summed E-state index contributed by atoms with van der Waals surface area (Å²) < 4.78 is 6.88. The molecule has 0 aliphatic heterocycles. The Morgan fingerprint density at radius 3 is 3.24 bits per heavy atom. The molecule has 2 heterocycles. The maximum Gasteiger partial charge on any atom is 0.322 e. The van der Waals surface area contributed by atoms with Crippen molar-refractivity contribution in [2.24, 2.45) is 0 Å². The summed E-state index contributed by atoms with van der Waals surface area (Å²) >= 11 is 1.59. The summed E-state index contributed by atoms with van der Waals surface area (Å²) in [4.78, 5) is 16.8. The number of carbonyl (C=O) groups excluding carboxylic acids is 1. The van der Waals surface area contributed by atoms with Gasteiger partial charge in [-0.1, -0.05) is 0 Å². The molecule has 1 N–H and O–H groups in total. The van der Waals surface area contributed by atoms with E-state index in [2.05, 4.69) is 10.3 Å². The number of nitrogens with one attached hydrogen (secondary N) is 1. The fourth-order valence-electron chi connectivity index (χ4n) is 1.47. The van der Waals surface area contributed by atoms with Crippen molar-refractivity contribution in [1.82, 2.24) is 14.7 Å². The largest absolute Gasteiger partial charge is 0.465 e. The highest BCUT2D eigenvalue weighted by Crippen LogP contribution is 2.11. The lowest BCUT2D eigenvalue weighted by Crippen LogP contribution is -2.34. The Morgan fingerprint density at radius 1 is 1.71 bits per heavy atom. The second-order valence-corrected chi connectivity index (χ2v) is 4.55. The van der Waals surface area contributed by atoms with Crippen molar-refractivity contribution in [2.75, 3.05) is 6.61 Å². The van der Waals surface area contributed by atoms with Crippen LogP contribution in [-0.2, 0) is 16.1 Å². The quantitative estimate of drug-likeness (QED) is 0.819. The number of ether oxygens (including phenoxy) is 1. The molecular formula is C11H15N3O2S. The predicted molar refractivity (Wildman–Crippen MR) is 66.0 cm³/mol. The summed E-state index contributed by atoms with van der Waals surface area (Å²) in [6.45, 7) is 4.56. The van der Waals surface area contributed by atoms with E-state index in [1.807, 2.05) is 22.2 Å². The Hall–Kier alpha value is -1.40. The van der Waals surface area contributed by atoms with Gasteiger partial charge in [0, 0.05) is 24.3 Å². The molecule has 92 valence electrons. The van der Waals surface area contributed by atoms with E-state index in [1.54, 1.807) is 25.2 Å². The monoisotopic (exact) mass is 253 g/mol. The molecule has 2 aromatic heterocycles. The highest BCUT2D eigenvalue weighted by Gasteiger charge is 2.13. The minimum Gasteiger partial charge on any atom is -0.465 e. The molecule has 0 saturated carbocycles.